The number of benzene rings is 2. The molecule has 0 radical (unpaired) electrons. The molecule has 1 atom stereocenters. The molecule has 1 unspecified atom stereocenters. The quantitative estimate of drug-likeness (QED) is 0.578. The smallest absolute Gasteiger partial charge is 0.306 e. The topological polar surface area (TPSA) is 92.8 Å². The molecule has 7 nitrogen and oxygen atoms in total. The van der Waals surface area contributed by atoms with Gasteiger partial charge in [0, 0.05) is 19.5 Å². The summed E-state index contributed by atoms with van der Waals surface area (Å²) in [6, 6.07) is 13.7. The van der Waals surface area contributed by atoms with Crippen LogP contribution in [0.4, 0.5) is 5.69 Å². The summed E-state index contributed by atoms with van der Waals surface area (Å²) < 4.78 is 32.5. The highest BCUT2D eigenvalue weighted by Gasteiger charge is 2.27. The Morgan fingerprint density at radius 2 is 1.78 bits per heavy atom. The molecule has 32 heavy (non-hydrogen) atoms. The lowest BCUT2D eigenvalue weighted by atomic mass is 10.1. The molecule has 3 rings (SSSR count). The maximum atomic E-state index is 12.9. The first-order chi connectivity index (χ1) is 15.3. The van der Waals surface area contributed by atoms with Crippen molar-refractivity contribution < 1.29 is 22.7 Å². The molecule has 1 heterocycles. The number of esters is 1. The van der Waals surface area contributed by atoms with Crippen LogP contribution in [-0.4, -0.2) is 43.8 Å². The molecule has 1 aliphatic heterocycles. The minimum Gasteiger partial charge on any atom is -0.453 e. The average molecular weight is 479 g/mol. The number of carbonyl (C=O) groups excluding carboxylic acids is 2. The maximum Gasteiger partial charge on any atom is 0.306 e. The van der Waals surface area contributed by atoms with Crippen molar-refractivity contribution in [1.82, 2.24) is 4.31 Å². The SMILES string of the molecule is CC(OC(=O)CCc1ccccc1)C(=O)Nc1cc(S(=O)(=O)N2CCCCC2)ccc1Cl. The third kappa shape index (κ3) is 6.31. The number of halogens is 1. The Labute approximate surface area is 193 Å². The lowest BCUT2D eigenvalue weighted by Crippen LogP contribution is -2.35. The Balaban J connectivity index is 1.61. The van der Waals surface area contributed by atoms with Gasteiger partial charge in [0.15, 0.2) is 6.10 Å². The fourth-order valence-electron chi connectivity index (χ4n) is 3.45. The van der Waals surface area contributed by atoms with Gasteiger partial charge in [-0.1, -0.05) is 48.4 Å². The van der Waals surface area contributed by atoms with Crippen molar-refractivity contribution in [3.8, 4) is 0 Å². The van der Waals surface area contributed by atoms with Crippen LogP contribution in [0.5, 0.6) is 0 Å². The summed E-state index contributed by atoms with van der Waals surface area (Å²) in [4.78, 5) is 24.7. The zero-order chi connectivity index (χ0) is 23.1. The van der Waals surface area contributed by atoms with Gasteiger partial charge in [0.05, 0.1) is 15.6 Å². The molecule has 9 heteroatoms. The number of aryl methyl sites for hydroxylation is 1. The molecule has 1 fully saturated rings. The lowest BCUT2D eigenvalue weighted by molar-refractivity contribution is -0.153. The molecular formula is C23H27ClN2O5S. The Hall–Kier alpha value is -2.42. The molecule has 0 bridgehead atoms. The van der Waals surface area contributed by atoms with Crippen LogP contribution in [-0.2, 0) is 30.8 Å². The van der Waals surface area contributed by atoms with Crippen LogP contribution < -0.4 is 5.32 Å². The number of nitrogens with zero attached hydrogens (tertiary/aromatic N) is 1. The van der Waals surface area contributed by atoms with Crippen LogP contribution >= 0.6 is 11.6 Å². The lowest BCUT2D eigenvalue weighted by Gasteiger charge is -2.26. The van der Waals surface area contributed by atoms with Gasteiger partial charge >= 0.3 is 5.97 Å². The second-order valence-electron chi connectivity index (χ2n) is 7.71. The maximum absolute atomic E-state index is 12.9. The number of ether oxygens (including phenoxy) is 1. The van der Waals surface area contributed by atoms with Crippen LogP contribution in [0, 0.1) is 0 Å². The summed E-state index contributed by atoms with van der Waals surface area (Å²) in [5.41, 5.74) is 1.15. The molecule has 1 aliphatic rings. The number of hydrogen-bond donors (Lipinski definition) is 1. The number of sulfonamides is 1. The highest BCUT2D eigenvalue weighted by atomic mass is 35.5. The van der Waals surface area contributed by atoms with E-state index in [4.69, 9.17) is 16.3 Å². The summed E-state index contributed by atoms with van der Waals surface area (Å²) in [7, 11) is -3.67. The number of carbonyl (C=O) groups is 2. The Kier molecular flexibility index (Phi) is 8.28. The molecule has 0 aromatic heterocycles. The molecule has 2 aromatic carbocycles. The van der Waals surface area contributed by atoms with Crippen molar-refractivity contribution in [2.45, 2.75) is 50.0 Å². The van der Waals surface area contributed by atoms with Crippen molar-refractivity contribution in [1.29, 1.82) is 0 Å². The molecule has 0 aliphatic carbocycles. The summed E-state index contributed by atoms with van der Waals surface area (Å²) in [6.45, 7) is 2.41. The van der Waals surface area contributed by atoms with Crippen LogP contribution in [0.2, 0.25) is 5.02 Å². The monoisotopic (exact) mass is 478 g/mol. The normalized spacial score (nSPS) is 15.7. The van der Waals surface area contributed by atoms with E-state index < -0.39 is 28.0 Å². The molecule has 1 N–H and O–H groups in total. The van der Waals surface area contributed by atoms with Crippen molar-refractivity contribution in [2.24, 2.45) is 0 Å². The minimum absolute atomic E-state index is 0.0617. The first-order valence-electron chi connectivity index (χ1n) is 10.6. The zero-order valence-corrected chi connectivity index (χ0v) is 19.5. The van der Waals surface area contributed by atoms with Crippen LogP contribution in [0.3, 0.4) is 0 Å². The fourth-order valence-corrected chi connectivity index (χ4v) is 5.16. The molecule has 1 saturated heterocycles. The third-order valence-electron chi connectivity index (χ3n) is 5.29. The van der Waals surface area contributed by atoms with Gasteiger partial charge in [-0.2, -0.15) is 4.31 Å². The summed E-state index contributed by atoms with van der Waals surface area (Å²) >= 11 is 6.17. The summed E-state index contributed by atoms with van der Waals surface area (Å²) in [6.07, 6.45) is 2.25. The molecule has 2 aromatic rings. The number of hydrogen-bond acceptors (Lipinski definition) is 5. The van der Waals surface area contributed by atoms with Crippen molar-refractivity contribution in [3.63, 3.8) is 0 Å². The first-order valence-corrected chi connectivity index (χ1v) is 12.4. The van der Waals surface area contributed by atoms with E-state index in [2.05, 4.69) is 5.32 Å². The molecular weight excluding hydrogens is 452 g/mol. The standard InChI is InChI=1S/C23H27ClN2O5S/c1-17(31-22(27)13-10-18-8-4-2-5-9-18)23(28)25-21-16-19(11-12-20(21)24)32(29,30)26-14-6-3-7-15-26/h2,4-5,8-9,11-12,16-17H,3,6-7,10,13-15H2,1H3,(H,25,28). The number of nitrogens with one attached hydrogen (secondary N) is 1. The van der Waals surface area contributed by atoms with Crippen LogP contribution in [0.15, 0.2) is 53.4 Å². The molecule has 1 amide bonds. The third-order valence-corrected chi connectivity index (χ3v) is 7.51. The van der Waals surface area contributed by atoms with Gasteiger partial charge in [0.25, 0.3) is 5.91 Å². The van der Waals surface area contributed by atoms with Crippen molar-refractivity contribution in [3.05, 3.63) is 59.1 Å². The Morgan fingerprint density at radius 1 is 1.09 bits per heavy atom. The number of rotatable bonds is 8. The van der Waals surface area contributed by atoms with Gasteiger partial charge in [-0.25, -0.2) is 8.42 Å². The second-order valence-corrected chi connectivity index (χ2v) is 10.1. The average Bonchev–Trinajstić information content (AvgIpc) is 2.80. The predicted octanol–water partition coefficient (Wildman–Crippen LogP) is 4.02. The molecule has 172 valence electrons. The Bertz CT molecular complexity index is 1050. The van der Waals surface area contributed by atoms with Crippen LogP contribution in [0.1, 0.15) is 38.2 Å². The van der Waals surface area contributed by atoms with Gasteiger partial charge in [0.2, 0.25) is 10.0 Å². The fraction of sp³-hybridized carbons (Fsp3) is 0.391. The highest BCUT2D eigenvalue weighted by Crippen LogP contribution is 2.28. The van der Waals surface area contributed by atoms with Gasteiger partial charge in [-0.3, -0.25) is 9.59 Å². The first kappa shape index (κ1) is 24.2. The van der Waals surface area contributed by atoms with E-state index in [9.17, 15) is 18.0 Å². The van der Waals surface area contributed by atoms with Crippen molar-refractivity contribution in [2.75, 3.05) is 18.4 Å². The van der Waals surface area contributed by atoms with Gasteiger partial charge in [-0.05, 0) is 49.9 Å². The van der Waals surface area contributed by atoms with Gasteiger partial charge in [0.1, 0.15) is 0 Å². The summed E-state index contributed by atoms with van der Waals surface area (Å²) in [5.74, 6) is -1.09. The second kappa shape index (κ2) is 10.9. The van der Waals surface area contributed by atoms with E-state index in [-0.39, 0.29) is 22.0 Å². The van der Waals surface area contributed by atoms with Gasteiger partial charge in [-0.15, -0.1) is 0 Å². The Morgan fingerprint density at radius 3 is 2.47 bits per heavy atom. The van der Waals surface area contributed by atoms with E-state index >= 15 is 0 Å². The number of anilines is 1. The zero-order valence-electron chi connectivity index (χ0n) is 17.9. The van der Waals surface area contributed by atoms with Gasteiger partial charge < -0.3 is 10.1 Å². The van der Waals surface area contributed by atoms with E-state index in [1.165, 1.54) is 29.4 Å². The predicted molar refractivity (Wildman–Crippen MR) is 123 cm³/mol. The number of piperidine rings is 1. The van der Waals surface area contributed by atoms with E-state index in [0.717, 1.165) is 24.8 Å². The molecule has 0 saturated carbocycles. The van der Waals surface area contributed by atoms with Crippen LogP contribution in [0.25, 0.3) is 0 Å². The van der Waals surface area contributed by atoms with E-state index in [1.807, 2.05) is 30.3 Å². The number of amides is 1. The van der Waals surface area contributed by atoms with E-state index in [0.29, 0.717) is 19.5 Å². The minimum atomic E-state index is -3.67. The highest BCUT2D eigenvalue weighted by molar-refractivity contribution is 7.89. The van der Waals surface area contributed by atoms with E-state index in [1.54, 1.807) is 0 Å². The van der Waals surface area contributed by atoms with Crippen molar-refractivity contribution >= 4 is 39.2 Å². The summed E-state index contributed by atoms with van der Waals surface area (Å²) in [5, 5.41) is 2.77. The molecule has 0 spiro atoms. The largest absolute Gasteiger partial charge is 0.453 e.